The van der Waals surface area contributed by atoms with E-state index in [0.717, 1.165) is 28.1 Å². The van der Waals surface area contributed by atoms with Crippen LogP contribution in [0.3, 0.4) is 0 Å². The van der Waals surface area contributed by atoms with Crippen molar-refractivity contribution < 1.29 is 9.59 Å². The van der Waals surface area contributed by atoms with Crippen molar-refractivity contribution in [1.29, 1.82) is 0 Å². The Balaban J connectivity index is 1.41. The van der Waals surface area contributed by atoms with E-state index in [9.17, 15) is 9.59 Å². The molecule has 4 rings (SSSR count). The van der Waals surface area contributed by atoms with Gasteiger partial charge in [0.1, 0.15) is 0 Å². The smallest absolute Gasteiger partial charge is 0.316 e. The fourth-order valence-electron chi connectivity index (χ4n) is 3.37. The number of rotatable bonds is 3. The summed E-state index contributed by atoms with van der Waals surface area (Å²) in [6.07, 6.45) is 4.68. The maximum atomic E-state index is 12.5. The SMILES string of the molecule is CCN1N=C(c2ccc(NC(=O)N3Cc4ccncc4C3)cc2)CCC1=O. The normalized spacial score (nSPS) is 16.2. The number of hydrogen-bond acceptors (Lipinski definition) is 4. The van der Waals surface area contributed by atoms with Gasteiger partial charge in [0, 0.05) is 50.6 Å². The van der Waals surface area contributed by atoms with E-state index >= 15 is 0 Å². The summed E-state index contributed by atoms with van der Waals surface area (Å²) in [6.45, 7) is 3.66. The molecule has 0 atom stereocenters. The van der Waals surface area contributed by atoms with Gasteiger partial charge in [-0.05, 0) is 41.8 Å². The van der Waals surface area contributed by atoms with Crippen LogP contribution in [0, 0.1) is 0 Å². The lowest BCUT2D eigenvalue weighted by Gasteiger charge is -2.22. The van der Waals surface area contributed by atoms with Crippen molar-refractivity contribution in [3.05, 3.63) is 59.4 Å². The van der Waals surface area contributed by atoms with Crippen LogP contribution in [0.2, 0.25) is 0 Å². The van der Waals surface area contributed by atoms with Gasteiger partial charge in [0.05, 0.1) is 5.71 Å². The Morgan fingerprint density at radius 3 is 2.63 bits per heavy atom. The van der Waals surface area contributed by atoms with Crippen molar-refractivity contribution in [2.45, 2.75) is 32.9 Å². The second-order valence-electron chi connectivity index (χ2n) is 6.66. The van der Waals surface area contributed by atoms with Crippen molar-refractivity contribution >= 4 is 23.3 Å². The fourth-order valence-corrected chi connectivity index (χ4v) is 3.37. The number of hydrazone groups is 1. The predicted molar refractivity (Wildman–Crippen MR) is 102 cm³/mol. The van der Waals surface area contributed by atoms with Crippen LogP contribution in [0.4, 0.5) is 10.5 Å². The van der Waals surface area contributed by atoms with E-state index < -0.39 is 0 Å². The van der Waals surface area contributed by atoms with Gasteiger partial charge in [0.25, 0.3) is 0 Å². The first-order chi connectivity index (χ1) is 13.1. The summed E-state index contributed by atoms with van der Waals surface area (Å²) in [6, 6.07) is 9.42. The number of hydrogen-bond donors (Lipinski definition) is 1. The van der Waals surface area contributed by atoms with Gasteiger partial charge in [-0.3, -0.25) is 9.78 Å². The molecule has 0 saturated heterocycles. The van der Waals surface area contributed by atoms with Crippen LogP contribution in [0.25, 0.3) is 0 Å². The number of carbonyl (C=O) groups excluding carboxylic acids is 2. The van der Waals surface area contributed by atoms with Crippen LogP contribution in [-0.2, 0) is 17.9 Å². The van der Waals surface area contributed by atoms with Crippen molar-refractivity contribution in [3.63, 3.8) is 0 Å². The van der Waals surface area contributed by atoms with E-state index in [1.807, 2.05) is 43.5 Å². The van der Waals surface area contributed by atoms with Gasteiger partial charge >= 0.3 is 6.03 Å². The molecule has 1 aromatic heterocycles. The maximum absolute atomic E-state index is 12.5. The topological polar surface area (TPSA) is 77.9 Å². The molecule has 27 heavy (non-hydrogen) atoms. The minimum absolute atomic E-state index is 0.0620. The number of aromatic nitrogens is 1. The van der Waals surface area contributed by atoms with Gasteiger partial charge in [0.2, 0.25) is 5.91 Å². The van der Waals surface area contributed by atoms with Crippen LogP contribution in [0.15, 0.2) is 47.8 Å². The molecule has 1 aromatic carbocycles. The molecule has 0 fully saturated rings. The monoisotopic (exact) mass is 363 g/mol. The molecular formula is C20H21N5O2. The van der Waals surface area contributed by atoms with Crippen molar-refractivity contribution in [3.8, 4) is 0 Å². The molecular weight excluding hydrogens is 342 g/mol. The first-order valence-electron chi connectivity index (χ1n) is 9.10. The number of urea groups is 1. The third-order valence-electron chi connectivity index (χ3n) is 4.89. The van der Waals surface area contributed by atoms with Crippen molar-refractivity contribution in [2.75, 3.05) is 11.9 Å². The highest BCUT2D eigenvalue weighted by Gasteiger charge is 2.23. The Morgan fingerprint density at radius 1 is 1.11 bits per heavy atom. The second kappa shape index (κ2) is 7.19. The zero-order valence-electron chi connectivity index (χ0n) is 15.2. The highest BCUT2D eigenvalue weighted by molar-refractivity contribution is 6.04. The number of anilines is 1. The quantitative estimate of drug-likeness (QED) is 0.911. The fraction of sp³-hybridized carbons (Fsp3) is 0.300. The van der Waals surface area contributed by atoms with E-state index in [0.29, 0.717) is 32.5 Å². The summed E-state index contributed by atoms with van der Waals surface area (Å²) in [5, 5.41) is 8.87. The van der Waals surface area contributed by atoms with Crippen LogP contribution in [-0.4, -0.2) is 39.1 Å². The van der Waals surface area contributed by atoms with E-state index in [-0.39, 0.29) is 11.9 Å². The third kappa shape index (κ3) is 3.53. The molecule has 3 amide bonds. The number of nitrogens with zero attached hydrogens (tertiary/aromatic N) is 4. The molecule has 0 spiro atoms. The van der Waals surface area contributed by atoms with Gasteiger partial charge in [-0.15, -0.1) is 0 Å². The summed E-state index contributed by atoms with van der Waals surface area (Å²) in [7, 11) is 0. The average Bonchev–Trinajstić information content (AvgIpc) is 3.13. The lowest BCUT2D eigenvalue weighted by atomic mass is 10.0. The van der Waals surface area contributed by atoms with Gasteiger partial charge in [-0.25, -0.2) is 9.80 Å². The van der Waals surface area contributed by atoms with Gasteiger partial charge < -0.3 is 10.2 Å². The van der Waals surface area contributed by atoms with E-state index in [2.05, 4.69) is 15.4 Å². The van der Waals surface area contributed by atoms with Gasteiger partial charge in [-0.2, -0.15) is 5.10 Å². The van der Waals surface area contributed by atoms with Gasteiger partial charge in [0.15, 0.2) is 0 Å². The highest BCUT2D eigenvalue weighted by atomic mass is 16.2. The zero-order valence-corrected chi connectivity index (χ0v) is 15.2. The van der Waals surface area contributed by atoms with Crippen LogP contribution in [0.5, 0.6) is 0 Å². The molecule has 2 aromatic rings. The standard InChI is InChI=1S/C20H21N5O2/c1-2-25-19(26)8-7-18(23-25)14-3-5-17(6-4-14)22-20(27)24-12-15-9-10-21-11-16(15)13-24/h3-6,9-11H,2,7-8,12-13H2,1H3,(H,22,27). The largest absolute Gasteiger partial charge is 0.322 e. The molecule has 2 aliphatic rings. The molecule has 7 heteroatoms. The third-order valence-corrected chi connectivity index (χ3v) is 4.89. The molecule has 7 nitrogen and oxygen atoms in total. The molecule has 0 bridgehead atoms. The molecule has 3 heterocycles. The minimum Gasteiger partial charge on any atom is -0.316 e. The van der Waals surface area contributed by atoms with Crippen LogP contribution < -0.4 is 5.32 Å². The summed E-state index contributed by atoms with van der Waals surface area (Å²) >= 11 is 0. The second-order valence-corrected chi connectivity index (χ2v) is 6.66. The Kier molecular flexibility index (Phi) is 4.58. The Morgan fingerprint density at radius 2 is 1.89 bits per heavy atom. The molecule has 1 N–H and O–H groups in total. The number of carbonyl (C=O) groups is 2. The number of fused-ring (bicyclic) bond motifs is 1. The molecule has 0 unspecified atom stereocenters. The Hall–Kier alpha value is -3.22. The van der Waals surface area contributed by atoms with Gasteiger partial charge in [-0.1, -0.05) is 12.1 Å². The summed E-state index contributed by atoms with van der Waals surface area (Å²) < 4.78 is 0. The van der Waals surface area contributed by atoms with Crippen molar-refractivity contribution in [2.24, 2.45) is 5.10 Å². The molecule has 0 saturated carbocycles. The minimum atomic E-state index is -0.128. The molecule has 0 aliphatic carbocycles. The number of amides is 3. The number of benzene rings is 1. The van der Waals surface area contributed by atoms with E-state index in [4.69, 9.17) is 0 Å². The highest BCUT2D eigenvalue weighted by Crippen LogP contribution is 2.23. The summed E-state index contributed by atoms with van der Waals surface area (Å²) in [5.41, 5.74) is 4.84. The molecule has 138 valence electrons. The number of pyridine rings is 1. The first kappa shape index (κ1) is 17.2. The Bertz CT molecular complexity index is 882. The first-order valence-corrected chi connectivity index (χ1v) is 9.10. The predicted octanol–water partition coefficient (Wildman–Crippen LogP) is 2.98. The summed E-state index contributed by atoms with van der Waals surface area (Å²) in [4.78, 5) is 30.1. The Labute approximate surface area is 157 Å². The van der Waals surface area contributed by atoms with Crippen LogP contribution in [0.1, 0.15) is 36.5 Å². The average molecular weight is 363 g/mol. The van der Waals surface area contributed by atoms with Crippen molar-refractivity contribution in [1.82, 2.24) is 14.9 Å². The van der Waals surface area contributed by atoms with Crippen LogP contribution >= 0.6 is 0 Å². The lowest BCUT2D eigenvalue weighted by molar-refractivity contribution is -0.131. The molecule has 0 radical (unpaired) electrons. The number of nitrogens with one attached hydrogen (secondary N) is 1. The van der Waals surface area contributed by atoms with E-state index in [1.165, 1.54) is 5.01 Å². The van der Waals surface area contributed by atoms with E-state index in [1.54, 1.807) is 11.1 Å². The summed E-state index contributed by atoms with van der Waals surface area (Å²) in [5.74, 6) is 0.0620. The maximum Gasteiger partial charge on any atom is 0.322 e. The lowest BCUT2D eigenvalue weighted by Crippen LogP contribution is -2.31. The zero-order chi connectivity index (χ0) is 18.8. The molecule has 2 aliphatic heterocycles.